The lowest BCUT2D eigenvalue weighted by molar-refractivity contribution is 0.0458. The number of rotatable bonds is 5. The summed E-state index contributed by atoms with van der Waals surface area (Å²) in [5.41, 5.74) is 2.58. The molecule has 0 radical (unpaired) electrons. The summed E-state index contributed by atoms with van der Waals surface area (Å²) < 4.78 is 11.8. The van der Waals surface area contributed by atoms with Crippen molar-refractivity contribution in [1.29, 1.82) is 0 Å². The van der Waals surface area contributed by atoms with Gasteiger partial charge in [-0.25, -0.2) is 0 Å². The topological polar surface area (TPSA) is 79.5 Å². The molecule has 0 aliphatic carbocycles. The van der Waals surface area contributed by atoms with Gasteiger partial charge in [-0.3, -0.25) is 9.89 Å². The van der Waals surface area contributed by atoms with Crippen molar-refractivity contribution in [2.75, 3.05) is 26.2 Å². The molecule has 2 aliphatic rings. The van der Waals surface area contributed by atoms with Crippen molar-refractivity contribution in [3.8, 4) is 11.5 Å². The number of aromatic amines is 1. The van der Waals surface area contributed by atoms with Crippen molar-refractivity contribution in [2.24, 2.45) is 0 Å². The number of carbonyl (C=O) groups excluding carboxylic acids is 1. The van der Waals surface area contributed by atoms with Gasteiger partial charge in [0.1, 0.15) is 6.61 Å². The van der Waals surface area contributed by atoms with Crippen LogP contribution in [0.5, 0.6) is 11.5 Å². The SMILES string of the molecule is CCCN(CC1COc2ccccc2O1)C(=O)c1n[nH]c2c1CNCC2. The van der Waals surface area contributed by atoms with E-state index in [-0.39, 0.29) is 12.0 Å². The van der Waals surface area contributed by atoms with Gasteiger partial charge in [0.05, 0.1) is 6.54 Å². The Kier molecular flexibility index (Phi) is 4.79. The lowest BCUT2D eigenvalue weighted by atomic mass is 10.1. The fourth-order valence-corrected chi connectivity index (χ4v) is 3.50. The molecule has 0 spiro atoms. The van der Waals surface area contributed by atoms with Crippen LogP contribution in [0.2, 0.25) is 0 Å². The van der Waals surface area contributed by atoms with E-state index in [9.17, 15) is 4.79 Å². The van der Waals surface area contributed by atoms with Crippen LogP contribution in [0, 0.1) is 0 Å². The summed E-state index contributed by atoms with van der Waals surface area (Å²) in [4.78, 5) is 14.9. The van der Waals surface area contributed by atoms with E-state index in [1.165, 1.54) is 0 Å². The van der Waals surface area contributed by atoms with Crippen LogP contribution in [0.1, 0.15) is 35.1 Å². The zero-order chi connectivity index (χ0) is 17.9. The predicted molar refractivity (Wildman–Crippen MR) is 96.5 cm³/mol. The van der Waals surface area contributed by atoms with Gasteiger partial charge in [-0.1, -0.05) is 19.1 Å². The van der Waals surface area contributed by atoms with E-state index >= 15 is 0 Å². The maximum atomic E-state index is 13.1. The van der Waals surface area contributed by atoms with E-state index in [1.54, 1.807) is 0 Å². The number of para-hydroxylation sites is 2. The normalized spacial score (nSPS) is 18.3. The Balaban J connectivity index is 1.49. The maximum absolute atomic E-state index is 13.1. The fourth-order valence-electron chi connectivity index (χ4n) is 3.50. The van der Waals surface area contributed by atoms with Crippen LogP contribution in [0.15, 0.2) is 24.3 Å². The molecule has 1 aromatic carbocycles. The monoisotopic (exact) mass is 356 g/mol. The predicted octanol–water partition coefficient (Wildman–Crippen LogP) is 1.75. The van der Waals surface area contributed by atoms with Gasteiger partial charge < -0.3 is 19.7 Å². The molecule has 2 N–H and O–H groups in total. The van der Waals surface area contributed by atoms with E-state index in [1.807, 2.05) is 29.2 Å². The van der Waals surface area contributed by atoms with Crippen LogP contribution in [0.3, 0.4) is 0 Å². The quantitative estimate of drug-likeness (QED) is 0.853. The molecular formula is C19H24N4O3. The molecule has 4 rings (SSSR count). The zero-order valence-electron chi connectivity index (χ0n) is 15.0. The molecule has 1 aromatic heterocycles. The number of nitrogens with one attached hydrogen (secondary N) is 2. The van der Waals surface area contributed by atoms with Gasteiger partial charge in [-0.2, -0.15) is 5.10 Å². The van der Waals surface area contributed by atoms with Crippen LogP contribution in [-0.2, 0) is 13.0 Å². The first-order valence-corrected chi connectivity index (χ1v) is 9.21. The average molecular weight is 356 g/mol. The fraction of sp³-hybridized carbons (Fsp3) is 0.474. The molecule has 1 amide bonds. The Labute approximate surface area is 152 Å². The van der Waals surface area contributed by atoms with Crippen molar-refractivity contribution in [3.63, 3.8) is 0 Å². The van der Waals surface area contributed by atoms with Crippen LogP contribution >= 0.6 is 0 Å². The molecule has 7 heteroatoms. The Hall–Kier alpha value is -2.54. The summed E-state index contributed by atoms with van der Waals surface area (Å²) in [5.74, 6) is 1.44. The van der Waals surface area contributed by atoms with E-state index in [0.29, 0.717) is 31.9 Å². The molecule has 7 nitrogen and oxygen atoms in total. The van der Waals surface area contributed by atoms with E-state index < -0.39 is 0 Å². The van der Waals surface area contributed by atoms with Crippen LogP contribution in [0.4, 0.5) is 0 Å². The molecule has 26 heavy (non-hydrogen) atoms. The van der Waals surface area contributed by atoms with E-state index in [0.717, 1.165) is 42.1 Å². The number of aromatic nitrogens is 2. The second kappa shape index (κ2) is 7.37. The van der Waals surface area contributed by atoms with Gasteiger partial charge in [0, 0.05) is 37.3 Å². The minimum absolute atomic E-state index is 0.0458. The molecule has 3 heterocycles. The summed E-state index contributed by atoms with van der Waals surface area (Å²) in [7, 11) is 0. The van der Waals surface area contributed by atoms with Gasteiger partial charge in [0.25, 0.3) is 5.91 Å². The summed E-state index contributed by atoms with van der Waals surface area (Å²) in [5, 5.41) is 10.6. The van der Waals surface area contributed by atoms with Crippen LogP contribution in [0.25, 0.3) is 0 Å². The number of H-pyrrole nitrogens is 1. The molecule has 0 saturated heterocycles. The Morgan fingerprint density at radius 1 is 1.35 bits per heavy atom. The second-order valence-corrected chi connectivity index (χ2v) is 6.70. The molecular weight excluding hydrogens is 332 g/mol. The van der Waals surface area contributed by atoms with Gasteiger partial charge in [0.2, 0.25) is 0 Å². The number of nitrogens with zero attached hydrogens (tertiary/aromatic N) is 2. The molecule has 1 atom stereocenters. The van der Waals surface area contributed by atoms with Gasteiger partial charge in [0.15, 0.2) is 23.3 Å². The van der Waals surface area contributed by atoms with Crippen LogP contribution in [-0.4, -0.2) is 53.3 Å². The highest BCUT2D eigenvalue weighted by Crippen LogP contribution is 2.31. The van der Waals surface area contributed by atoms with Gasteiger partial charge in [-0.15, -0.1) is 0 Å². The van der Waals surface area contributed by atoms with Crippen molar-refractivity contribution in [2.45, 2.75) is 32.4 Å². The van der Waals surface area contributed by atoms with Crippen molar-refractivity contribution in [3.05, 3.63) is 41.2 Å². The number of hydrogen-bond acceptors (Lipinski definition) is 5. The third kappa shape index (κ3) is 3.26. The zero-order valence-corrected chi connectivity index (χ0v) is 15.0. The molecule has 1 unspecified atom stereocenters. The third-order valence-electron chi connectivity index (χ3n) is 4.78. The minimum Gasteiger partial charge on any atom is -0.486 e. The highest BCUT2D eigenvalue weighted by molar-refractivity contribution is 5.94. The highest BCUT2D eigenvalue weighted by Gasteiger charge is 2.29. The summed E-state index contributed by atoms with van der Waals surface area (Å²) in [6.07, 6.45) is 1.56. The minimum atomic E-state index is -0.187. The first kappa shape index (κ1) is 16.9. The first-order chi connectivity index (χ1) is 12.8. The smallest absolute Gasteiger partial charge is 0.274 e. The second-order valence-electron chi connectivity index (χ2n) is 6.70. The largest absolute Gasteiger partial charge is 0.486 e. The van der Waals surface area contributed by atoms with E-state index in [4.69, 9.17) is 9.47 Å². The maximum Gasteiger partial charge on any atom is 0.274 e. The van der Waals surface area contributed by atoms with Crippen molar-refractivity contribution < 1.29 is 14.3 Å². The highest BCUT2D eigenvalue weighted by atomic mass is 16.6. The summed E-state index contributed by atoms with van der Waals surface area (Å²) in [6, 6.07) is 7.62. The summed E-state index contributed by atoms with van der Waals surface area (Å²) >= 11 is 0. The molecule has 0 saturated carbocycles. The number of ether oxygens (including phenoxy) is 2. The molecule has 0 bridgehead atoms. The van der Waals surface area contributed by atoms with E-state index in [2.05, 4.69) is 22.4 Å². The Morgan fingerprint density at radius 3 is 3.04 bits per heavy atom. The number of hydrogen-bond donors (Lipinski definition) is 2. The van der Waals surface area contributed by atoms with Crippen LogP contribution < -0.4 is 14.8 Å². The number of benzene rings is 1. The van der Waals surface area contributed by atoms with Crippen molar-refractivity contribution >= 4 is 5.91 Å². The lowest BCUT2D eigenvalue weighted by Gasteiger charge is -2.31. The van der Waals surface area contributed by atoms with Gasteiger partial charge in [-0.05, 0) is 18.6 Å². The standard InChI is InChI=1S/C19H24N4O3/c1-2-9-23(11-13-12-25-16-5-3-4-6-17(16)26-13)19(24)18-14-10-20-8-7-15(14)21-22-18/h3-6,13,20H,2,7-12H2,1H3,(H,21,22). The average Bonchev–Trinajstić information content (AvgIpc) is 3.11. The first-order valence-electron chi connectivity index (χ1n) is 9.21. The molecule has 138 valence electrons. The lowest BCUT2D eigenvalue weighted by Crippen LogP contribution is -2.44. The Bertz CT molecular complexity index is 789. The third-order valence-corrected chi connectivity index (χ3v) is 4.78. The number of fused-ring (bicyclic) bond motifs is 2. The summed E-state index contributed by atoms with van der Waals surface area (Å²) in [6.45, 7) is 5.24. The number of carbonyl (C=O) groups is 1. The van der Waals surface area contributed by atoms with Gasteiger partial charge >= 0.3 is 0 Å². The Morgan fingerprint density at radius 2 is 2.19 bits per heavy atom. The number of amides is 1. The molecule has 0 fully saturated rings. The van der Waals surface area contributed by atoms with Crippen molar-refractivity contribution in [1.82, 2.24) is 20.4 Å². The molecule has 2 aliphatic heterocycles. The molecule has 2 aromatic rings.